The minimum atomic E-state index is -1.72. The molecule has 0 radical (unpaired) electrons. The molecule has 0 spiro atoms. The zero-order chi connectivity index (χ0) is 24.4. The van der Waals surface area contributed by atoms with E-state index in [1.54, 1.807) is 24.3 Å². The van der Waals surface area contributed by atoms with Crippen molar-refractivity contribution < 1.29 is 38.5 Å². The highest BCUT2D eigenvalue weighted by molar-refractivity contribution is 7.17. The summed E-state index contributed by atoms with van der Waals surface area (Å²) in [6.45, 7) is 2.86. The minimum absolute atomic E-state index is 0.0503. The number of carboxylic acids is 2. The van der Waals surface area contributed by atoms with E-state index in [1.807, 2.05) is 6.92 Å². The first kappa shape index (κ1) is 23.3. The molecule has 0 fully saturated rings. The fourth-order valence-corrected chi connectivity index (χ4v) is 5.12. The van der Waals surface area contributed by atoms with Crippen LogP contribution in [0, 0.1) is 0 Å². The van der Waals surface area contributed by atoms with Crippen molar-refractivity contribution in [3.63, 3.8) is 0 Å². The van der Waals surface area contributed by atoms with E-state index in [0.29, 0.717) is 41.3 Å². The van der Waals surface area contributed by atoms with Gasteiger partial charge in [0.05, 0.1) is 18.2 Å². The number of aromatic carboxylic acids is 1. The number of amides is 2. The van der Waals surface area contributed by atoms with Crippen molar-refractivity contribution in [3.8, 4) is 5.75 Å². The monoisotopic (exact) mass is 487 g/mol. The topological polar surface area (TPSA) is 167 Å². The fourth-order valence-electron chi connectivity index (χ4n) is 3.81. The summed E-state index contributed by atoms with van der Waals surface area (Å²) in [5.74, 6) is -4.13. The van der Waals surface area contributed by atoms with E-state index < -0.39 is 29.8 Å². The molecule has 2 aromatic heterocycles. The molecule has 3 aromatic rings. The van der Waals surface area contributed by atoms with Gasteiger partial charge in [0.15, 0.2) is 17.1 Å². The lowest BCUT2D eigenvalue weighted by molar-refractivity contribution is -0.147. The number of hydrogen-bond donors (Lipinski definition) is 5. The van der Waals surface area contributed by atoms with Crippen molar-refractivity contribution >= 4 is 51.1 Å². The Bertz CT molecular complexity index is 1290. The molecule has 1 atom stereocenters. The van der Waals surface area contributed by atoms with Gasteiger partial charge in [0, 0.05) is 16.8 Å². The molecule has 1 unspecified atom stereocenters. The van der Waals surface area contributed by atoms with Crippen molar-refractivity contribution in [3.05, 3.63) is 46.0 Å². The predicted octanol–water partition coefficient (Wildman–Crippen LogP) is 2.23. The van der Waals surface area contributed by atoms with Crippen LogP contribution in [0.4, 0.5) is 5.00 Å². The maximum Gasteiger partial charge on any atom is 0.394 e. The third kappa shape index (κ3) is 4.45. The van der Waals surface area contributed by atoms with Gasteiger partial charge in [-0.05, 0) is 37.6 Å². The molecular weight excluding hydrogens is 466 g/mol. The van der Waals surface area contributed by atoms with E-state index in [0.717, 1.165) is 16.7 Å². The molecule has 1 aliphatic rings. The van der Waals surface area contributed by atoms with E-state index in [-0.39, 0.29) is 22.9 Å². The summed E-state index contributed by atoms with van der Waals surface area (Å²) in [6.07, 6.45) is 0.380. The molecule has 0 aliphatic carbocycles. The van der Waals surface area contributed by atoms with Crippen molar-refractivity contribution in [2.45, 2.75) is 19.4 Å². The van der Waals surface area contributed by atoms with Crippen LogP contribution in [0.3, 0.4) is 0 Å². The van der Waals surface area contributed by atoms with Gasteiger partial charge in [-0.1, -0.05) is 12.1 Å². The third-order valence-corrected chi connectivity index (χ3v) is 6.52. The molecule has 0 bridgehead atoms. The van der Waals surface area contributed by atoms with Crippen molar-refractivity contribution in [1.29, 1.82) is 0 Å². The van der Waals surface area contributed by atoms with Gasteiger partial charge in [0.1, 0.15) is 5.00 Å². The summed E-state index contributed by atoms with van der Waals surface area (Å²) in [5.41, 5.74) is 0.838. The summed E-state index contributed by atoms with van der Waals surface area (Å²) >= 11 is 0.973. The van der Waals surface area contributed by atoms with Gasteiger partial charge in [-0.3, -0.25) is 9.59 Å². The molecule has 4 rings (SSSR count). The lowest BCUT2D eigenvalue weighted by atomic mass is 9.99. The minimum Gasteiger partial charge on any atom is -0.490 e. The number of anilines is 1. The number of hydrogen-bond acceptors (Lipinski definition) is 8. The number of furan rings is 1. The largest absolute Gasteiger partial charge is 0.490 e. The number of para-hydroxylation sites is 1. The standard InChI is InChI=1S/C22H21N3O8S/c1-2-32-13-5-3-4-10-8-14(33-16(10)13)18(26)24-9-12-17-11(6-7-23-12)15(21(28)29)20(34-17)25-19(27)22(30)31/h3-5,8,12,23H,2,6-7,9H2,1H3,(H,24,26)(H,25,27)(H,28,29)(H,30,31). The lowest BCUT2D eigenvalue weighted by Crippen LogP contribution is -2.38. The van der Waals surface area contributed by atoms with Crippen LogP contribution in [0.1, 0.15) is 44.3 Å². The first-order valence-corrected chi connectivity index (χ1v) is 11.2. The Balaban J connectivity index is 1.54. The molecule has 0 saturated heterocycles. The van der Waals surface area contributed by atoms with Crippen LogP contribution < -0.4 is 20.7 Å². The highest BCUT2D eigenvalue weighted by atomic mass is 32.1. The molecule has 0 saturated carbocycles. The van der Waals surface area contributed by atoms with Crippen LogP contribution in [0.15, 0.2) is 28.7 Å². The second-order valence-corrected chi connectivity index (χ2v) is 8.45. The van der Waals surface area contributed by atoms with Crippen molar-refractivity contribution in [1.82, 2.24) is 10.6 Å². The number of benzene rings is 1. The van der Waals surface area contributed by atoms with Crippen molar-refractivity contribution in [2.75, 3.05) is 25.0 Å². The molecule has 1 aromatic carbocycles. The number of ether oxygens (including phenoxy) is 1. The molecular formula is C22H21N3O8S. The van der Waals surface area contributed by atoms with E-state index in [9.17, 15) is 24.3 Å². The Kier molecular flexibility index (Phi) is 6.52. The van der Waals surface area contributed by atoms with Crippen LogP contribution in [0.2, 0.25) is 0 Å². The maximum absolute atomic E-state index is 12.8. The Morgan fingerprint density at radius 3 is 2.76 bits per heavy atom. The molecule has 11 nitrogen and oxygen atoms in total. The number of thiophene rings is 1. The summed E-state index contributed by atoms with van der Waals surface area (Å²) < 4.78 is 11.2. The molecule has 5 N–H and O–H groups in total. The number of carbonyl (C=O) groups is 4. The average molecular weight is 487 g/mol. The zero-order valence-electron chi connectivity index (χ0n) is 18.0. The van der Waals surface area contributed by atoms with Gasteiger partial charge in [0.2, 0.25) is 0 Å². The Labute approximate surface area is 196 Å². The molecule has 178 valence electrons. The Hall–Kier alpha value is -3.90. The van der Waals surface area contributed by atoms with Gasteiger partial charge in [-0.25, -0.2) is 9.59 Å². The number of carboxylic acid groups (broad SMARTS) is 2. The van der Waals surface area contributed by atoms with E-state index in [2.05, 4.69) is 16.0 Å². The first-order valence-electron chi connectivity index (χ1n) is 10.4. The van der Waals surface area contributed by atoms with E-state index >= 15 is 0 Å². The maximum atomic E-state index is 12.8. The van der Waals surface area contributed by atoms with Crippen LogP contribution in [-0.2, 0) is 16.0 Å². The Morgan fingerprint density at radius 2 is 2.06 bits per heavy atom. The lowest BCUT2D eigenvalue weighted by Gasteiger charge is -2.24. The van der Waals surface area contributed by atoms with Crippen LogP contribution >= 0.6 is 11.3 Å². The number of carbonyl (C=O) groups excluding carboxylic acids is 2. The number of fused-ring (bicyclic) bond motifs is 2. The van der Waals surface area contributed by atoms with Gasteiger partial charge >= 0.3 is 17.8 Å². The summed E-state index contributed by atoms with van der Waals surface area (Å²) in [4.78, 5) is 47.7. The smallest absolute Gasteiger partial charge is 0.394 e. The molecule has 2 amide bonds. The summed E-state index contributed by atoms with van der Waals surface area (Å²) in [7, 11) is 0. The van der Waals surface area contributed by atoms with E-state index in [4.69, 9.17) is 14.3 Å². The first-order chi connectivity index (χ1) is 16.3. The average Bonchev–Trinajstić information content (AvgIpc) is 3.40. The Morgan fingerprint density at radius 1 is 1.26 bits per heavy atom. The molecule has 3 heterocycles. The second kappa shape index (κ2) is 9.53. The second-order valence-electron chi connectivity index (χ2n) is 7.40. The van der Waals surface area contributed by atoms with Gasteiger partial charge < -0.3 is 35.3 Å². The highest BCUT2D eigenvalue weighted by Crippen LogP contribution is 2.39. The van der Waals surface area contributed by atoms with Crippen LogP contribution in [-0.4, -0.2) is 53.7 Å². The predicted molar refractivity (Wildman–Crippen MR) is 122 cm³/mol. The highest BCUT2D eigenvalue weighted by Gasteiger charge is 2.32. The van der Waals surface area contributed by atoms with Crippen LogP contribution in [0.5, 0.6) is 5.75 Å². The SMILES string of the molecule is CCOc1cccc2cc(C(=O)NCC3NCCc4c3sc(NC(=O)C(=O)O)c4C(=O)O)oc12. The third-order valence-electron chi connectivity index (χ3n) is 5.25. The van der Waals surface area contributed by atoms with Gasteiger partial charge in [0.25, 0.3) is 5.91 Å². The van der Waals surface area contributed by atoms with Gasteiger partial charge in [-0.2, -0.15) is 0 Å². The van der Waals surface area contributed by atoms with Crippen LogP contribution in [0.25, 0.3) is 11.0 Å². The normalized spacial score (nSPS) is 14.9. The van der Waals surface area contributed by atoms with E-state index in [1.165, 1.54) is 0 Å². The zero-order valence-corrected chi connectivity index (χ0v) is 18.8. The summed E-state index contributed by atoms with van der Waals surface area (Å²) in [5, 5.41) is 27.3. The number of rotatable bonds is 7. The quantitative estimate of drug-likeness (QED) is 0.314. The molecule has 34 heavy (non-hydrogen) atoms. The number of aliphatic carboxylic acids is 1. The summed E-state index contributed by atoms with van der Waals surface area (Å²) in [6, 6.07) is 6.53. The fraction of sp³-hybridized carbons (Fsp3) is 0.273. The molecule has 1 aliphatic heterocycles. The molecule has 12 heteroatoms. The number of nitrogens with one attached hydrogen (secondary N) is 3. The van der Waals surface area contributed by atoms with Gasteiger partial charge in [-0.15, -0.1) is 11.3 Å². The van der Waals surface area contributed by atoms with Crippen molar-refractivity contribution in [2.24, 2.45) is 0 Å².